The summed E-state index contributed by atoms with van der Waals surface area (Å²) >= 11 is 0. The SMILES string of the molecule is CCOc1ccc(C2CCC(OCCC(CCCO)CCOC3CCC(c4ccc(OCC)c(F)c4F)CC3)CC2)c(F)c1F. The summed E-state index contributed by atoms with van der Waals surface area (Å²) in [4.78, 5) is 0. The highest BCUT2D eigenvalue weighted by Crippen LogP contribution is 2.39. The highest BCUT2D eigenvalue weighted by molar-refractivity contribution is 5.34. The largest absolute Gasteiger partial charge is 0.491 e. The number of hydrogen-bond donors (Lipinski definition) is 1. The van der Waals surface area contributed by atoms with Crippen LogP contribution in [0.4, 0.5) is 17.6 Å². The number of aliphatic hydroxyl groups is 1. The molecule has 0 spiro atoms. The second kappa shape index (κ2) is 18.1. The van der Waals surface area contributed by atoms with Gasteiger partial charge in [0.1, 0.15) is 0 Å². The molecule has 2 fully saturated rings. The van der Waals surface area contributed by atoms with Crippen LogP contribution in [0.3, 0.4) is 0 Å². The highest BCUT2D eigenvalue weighted by Gasteiger charge is 2.29. The number of benzene rings is 2. The zero-order chi connectivity index (χ0) is 32.2. The molecule has 2 saturated carbocycles. The van der Waals surface area contributed by atoms with Gasteiger partial charge in [-0.2, -0.15) is 8.78 Å². The van der Waals surface area contributed by atoms with Gasteiger partial charge >= 0.3 is 0 Å². The van der Waals surface area contributed by atoms with Crippen molar-refractivity contribution >= 4 is 0 Å². The van der Waals surface area contributed by atoms with Gasteiger partial charge in [-0.25, -0.2) is 8.78 Å². The summed E-state index contributed by atoms with van der Waals surface area (Å²) in [5.41, 5.74) is 0.841. The van der Waals surface area contributed by atoms with Crippen molar-refractivity contribution in [3.05, 3.63) is 58.7 Å². The van der Waals surface area contributed by atoms with Crippen molar-refractivity contribution in [1.29, 1.82) is 0 Å². The maximum atomic E-state index is 14.7. The van der Waals surface area contributed by atoms with E-state index < -0.39 is 23.3 Å². The average molecular weight is 639 g/mol. The van der Waals surface area contributed by atoms with Gasteiger partial charge in [0.25, 0.3) is 0 Å². The van der Waals surface area contributed by atoms with Crippen LogP contribution in [0.5, 0.6) is 11.5 Å². The normalized spacial score (nSPS) is 22.7. The molecule has 4 rings (SSSR count). The summed E-state index contributed by atoms with van der Waals surface area (Å²) in [5, 5.41) is 9.39. The van der Waals surface area contributed by atoms with E-state index >= 15 is 0 Å². The van der Waals surface area contributed by atoms with E-state index in [9.17, 15) is 22.7 Å². The van der Waals surface area contributed by atoms with Crippen LogP contribution in [0.25, 0.3) is 0 Å². The molecule has 0 radical (unpaired) electrons. The molecule has 2 aromatic rings. The zero-order valence-corrected chi connectivity index (χ0v) is 26.8. The van der Waals surface area contributed by atoms with E-state index in [1.807, 2.05) is 0 Å². The fourth-order valence-electron chi connectivity index (χ4n) is 6.95. The lowest BCUT2D eigenvalue weighted by molar-refractivity contribution is 0.00231. The first-order valence-corrected chi connectivity index (χ1v) is 16.9. The van der Waals surface area contributed by atoms with Gasteiger partial charge in [0, 0.05) is 19.8 Å². The van der Waals surface area contributed by atoms with Crippen molar-refractivity contribution in [1.82, 2.24) is 0 Å². The van der Waals surface area contributed by atoms with Crippen molar-refractivity contribution in [3.8, 4) is 11.5 Å². The van der Waals surface area contributed by atoms with Crippen LogP contribution in [-0.4, -0.2) is 50.3 Å². The minimum absolute atomic E-state index is 0.0271. The van der Waals surface area contributed by atoms with Crippen molar-refractivity contribution in [2.24, 2.45) is 5.92 Å². The van der Waals surface area contributed by atoms with Gasteiger partial charge in [-0.15, -0.1) is 0 Å². The Morgan fingerprint density at radius 2 is 1.04 bits per heavy atom. The molecule has 0 amide bonds. The Labute approximate surface area is 265 Å². The van der Waals surface area contributed by atoms with Crippen LogP contribution in [-0.2, 0) is 9.47 Å². The minimum Gasteiger partial charge on any atom is -0.491 e. The first kappa shape index (κ1) is 35.5. The Kier molecular flexibility index (Phi) is 14.3. The summed E-state index contributed by atoms with van der Waals surface area (Å²) in [6.45, 7) is 5.43. The van der Waals surface area contributed by atoms with Crippen LogP contribution < -0.4 is 9.47 Å². The summed E-state index contributed by atoms with van der Waals surface area (Å²) in [6.07, 6.45) is 9.80. The van der Waals surface area contributed by atoms with E-state index in [2.05, 4.69) is 0 Å². The van der Waals surface area contributed by atoms with E-state index in [4.69, 9.17) is 18.9 Å². The molecule has 9 heteroatoms. The second-order valence-corrected chi connectivity index (χ2v) is 12.4. The van der Waals surface area contributed by atoms with E-state index in [1.54, 1.807) is 26.0 Å². The Morgan fingerprint density at radius 1 is 0.622 bits per heavy atom. The summed E-state index contributed by atoms with van der Waals surface area (Å²) in [5.74, 6) is -3.19. The minimum atomic E-state index is -0.908. The Balaban J connectivity index is 1.15. The number of halogens is 4. The van der Waals surface area contributed by atoms with Gasteiger partial charge in [0.15, 0.2) is 23.1 Å². The molecule has 0 aromatic heterocycles. The van der Waals surface area contributed by atoms with E-state index in [0.717, 1.165) is 77.0 Å². The smallest absolute Gasteiger partial charge is 0.200 e. The van der Waals surface area contributed by atoms with E-state index in [-0.39, 0.29) is 55.4 Å². The maximum absolute atomic E-state index is 14.7. The first-order valence-electron chi connectivity index (χ1n) is 16.9. The maximum Gasteiger partial charge on any atom is 0.200 e. The summed E-state index contributed by atoms with van der Waals surface area (Å²) in [6, 6.07) is 6.34. The first-order chi connectivity index (χ1) is 21.9. The fourth-order valence-corrected chi connectivity index (χ4v) is 6.95. The van der Waals surface area contributed by atoms with Crippen molar-refractivity contribution in [2.45, 2.75) is 115 Å². The van der Waals surface area contributed by atoms with Gasteiger partial charge in [0.2, 0.25) is 11.6 Å². The molecule has 0 atom stereocenters. The monoisotopic (exact) mass is 638 g/mol. The quantitative estimate of drug-likeness (QED) is 0.175. The van der Waals surface area contributed by atoms with Gasteiger partial charge < -0.3 is 24.1 Å². The van der Waals surface area contributed by atoms with Crippen molar-refractivity contribution < 1.29 is 41.6 Å². The predicted octanol–water partition coefficient (Wildman–Crippen LogP) is 9.00. The number of rotatable bonds is 17. The lowest BCUT2D eigenvalue weighted by atomic mass is 9.82. The molecule has 2 aliphatic carbocycles. The van der Waals surface area contributed by atoms with Gasteiger partial charge in [-0.1, -0.05) is 12.1 Å². The summed E-state index contributed by atoms with van der Waals surface area (Å²) < 4.78 is 80.9. The molecule has 2 aliphatic rings. The standard InChI is InChI=1S/C36H50F4O5/c1-3-42-31-17-15-29(33(37)35(31)39)25-7-11-27(12-8-25)44-22-19-24(6-5-21-41)20-23-45-28-13-9-26(10-14-28)30-16-18-32(43-4-2)36(40)34(30)38/h15-18,24-28,41H,3-14,19-23H2,1-2H3. The molecule has 45 heavy (non-hydrogen) atoms. The molecule has 0 bridgehead atoms. The number of aliphatic hydroxyl groups excluding tert-OH is 1. The van der Waals surface area contributed by atoms with Crippen LogP contribution in [0.1, 0.15) is 114 Å². The summed E-state index contributed by atoms with van der Waals surface area (Å²) in [7, 11) is 0. The lowest BCUT2D eigenvalue weighted by Crippen LogP contribution is -2.24. The predicted molar refractivity (Wildman–Crippen MR) is 166 cm³/mol. The third-order valence-corrected chi connectivity index (χ3v) is 9.51. The zero-order valence-electron chi connectivity index (χ0n) is 26.8. The fraction of sp³-hybridized carbons (Fsp3) is 0.667. The average Bonchev–Trinajstić information content (AvgIpc) is 3.05. The highest BCUT2D eigenvalue weighted by atomic mass is 19.2. The van der Waals surface area contributed by atoms with Crippen LogP contribution in [0, 0.1) is 29.2 Å². The molecule has 0 unspecified atom stereocenters. The lowest BCUT2D eigenvalue weighted by Gasteiger charge is -2.30. The van der Waals surface area contributed by atoms with Crippen LogP contribution in [0.15, 0.2) is 24.3 Å². The molecular formula is C36H50F4O5. The molecule has 2 aromatic carbocycles. The molecule has 0 aliphatic heterocycles. The third-order valence-electron chi connectivity index (χ3n) is 9.51. The molecular weight excluding hydrogens is 588 g/mol. The number of ether oxygens (including phenoxy) is 4. The Hall–Kier alpha value is -2.36. The molecule has 1 N–H and O–H groups in total. The third kappa shape index (κ3) is 9.82. The van der Waals surface area contributed by atoms with E-state index in [1.165, 1.54) is 12.1 Å². The molecule has 252 valence electrons. The second-order valence-electron chi connectivity index (χ2n) is 12.4. The van der Waals surface area contributed by atoms with Crippen LogP contribution >= 0.6 is 0 Å². The topological polar surface area (TPSA) is 57.2 Å². The molecule has 5 nitrogen and oxygen atoms in total. The van der Waals surface area contributed by atoms with Gasteiger partial charge in [-0.05, 0) is 132 Å². The van der Waals surface area contributed by atoms with Crippen LogP contribution in [0.2, 0.25) is 0 Å². The van der Waals surface area contributed by atoms with Gasteiger partial charge in [-0.3, -0.25) is 0 Å². The van der Waals surface area contributed by atoms with E-state index in [0.29, 0.717) is 30.3 Å². The molecule has 0 saturated heterocycles. The van der Waals surface area contributed by atoms with Crippen molar-refractivity contribution in [2.75, 3.05) is 33.0 Å². The Morgan fingerprint density at radius 3 is 1.42 bits per heavy atom. The molecule has 0 heterocycles. The number of hydrogen-bond acceptors (Lipinski definition) is 5. The van der Waals surface area contributed by atoms with Crippen molar-refractivity contribution in [3.63, 3.8) is 0 Å². The van der Waals surface area contributed by atoms with Gasteiger partial charge in [0.05, 0.1) is 25.4 Å². The Bertz CT molecular complexity index is 1090.